The summed E-state index contributed by atoms with van der Waals surface area (Å²) in [7, 11) is 1.40. The van der Waals surface area contributed by atoms with Gasteiger partial charge in [-0.1, -0.05) is 45.0 Å². The van der Waals surface area contributed by atoms with Gasteiger partial charge < -0.3 is 19.4 Å². The highest BCUT2D eigenvalue weighted by molar-refractivity contribution is 6.18. The third-order valence-corrected chi connectivity index (χ3v) is 4.12. The van der Waals surface area contributed by atoms with Gasteiger partial charge in [0.25, 0.3) is 5.90 Å². The molecular formula is C23H28N2O5. The van der Waals surface area contributed by atoms with Gasteiger partial charge in [0.2, 0.25) is 0 Å². The van der Waals surface area contributed by atoms with Crippen molar-refractivity contribution in [2.24, 2.45) is 11.1 Å². The minimum Gasteiger partial charge on any atom is -0.503 e. The lowest BCUT2D eigenvalue weighted by atomic mass is 10.0. The number of pyridine rings is 1. The Hall–Kier alpha value is -3.35. The molecule has 1 aromatic carbocycles. The lowest BCUT2D eigenvalue weighted by Crippen LogP contribution is -2.16. The first-order valence-electron chi connectivity index (χ1n) is 9.81. The summed E-state index contributed by atoms with van der Waals surface area (Å²) >= 11 is 0. The molecule has 0 radical (unpaired) electrons. The second kappa shape index (κ2) is 11.6. The molecule has 1 N–H and O–H groups in total. The van der Waals surface area contributed by atoms with Crippen LogP contribution in [0.5, 0.6) is 0 Å². The standard InChI is InChI=1S/C23H28N2O5/c1-5-21(20-12-8-9-13-24-20)30-25-22(29-14-16(2)3)18-11-7-6-10-17(18)19(15-28-4)23(26)27/h6-13,15-16,21H,5,14H2,1-4H3,(H,26,27). The zero-order valence-electron chi connectivity index (χ0n) is 17.7. The number of benzene rings is 1. The molecule has 7 heteroatoms. The molecule has 160 valence electrons. The zero-order chi connectivity index (χ0) is 21.9. The number of hydrogen-bond donors (Lipinski definition) is 1. The Balaban J connectivity index is 2.45. The summed E-state index contributed by atoms with van der Waals surface area (Å²) in [6.07, 6.45) is 3.18. The lowest BCUT2D eigenvalue weighted by molar-refractivity contribution is -0.130. The smallest absolute Gasteiger partial charge is 0.339 e. The molecule has 2 rings (SSSR count). The second-order valence-corrected chi connectivity index (χ2v) is 6.98. The number of carboxylic acids is 1. The molecule has 1 heterocycles. The Labute approximate surface area is 177 Å². The van der Waals surface area contributed by atoms with Gasteiger partial charge in [0, 0.05) is 17.3 Å². The largest absolute Gasteiger partial charge is 0.503 e. The van der Waals surface area contributed by atoms with Gasteiger partial charge in [-0.05, 0) is 35.7 Å². The first-order chi connectivity index (χ1) is 14.5. The Morgan fingerprint density at radius 3 is 2.43 bits per heavy atom. The van der Waals surface area contributed by atoms with Crippen LogP contribution in [0.4, 0.5) is 0 Å². The van der Waals surface area contributed by atoms with E-state index in [9.17, 15) is 9.90 Å². The monoisotopic (exact) mass is 412 g/mol. The van der Waals surface area contributed by atoms with Crippen molar-refractivity contribution in [1.82, 2.24) is 4.98 Å². The maximum absolute atomic E-state index is 11.8. The molecule has 1 unspecified atom stereocenters. The number of rotatable bonds is 10. The Morgan fingerprint density at radius 2 is 1.87 bits per heavy atom. The van der Waals surface area contributed by atoms with Crippen LogP contribution in [0.1, 0.15) is 50.1 Å². The second-order valence-electron chi connectivity index (χ2n) is 6.98. The highest BCUT2D eigenvalue weighted by Crippen LogP contribution is 2.24. The van der Waals surface area contributed by atoms with E-state index < -0.39 is 5.97 Å². The lowest BCUT2D eigenvalue weighted by Gasteiger charge is -2.17. The molecule has 2 aromatic rings. The van der Waals surface area contributed by atoms with Crippen molar-refractivity contribution in [3.8, 4) is 0 Å². The van der Waals surface area contributed by atoms with Crippen LogP contribution >= 0.6 is 0 Å². The summed E-state index contributed by atoms with van der Waals surface area (Å²) < 4.78 is 10.9. The fourth-order valence-electron chi connectivity index (χ4n) is 2.67. The van der Waals surface area contributed by atoms with Crippen LogP contribution in [0.3, 0.4) is 0 Å². The van der Waals surface area contributed by atoms with Gasteiger partial charge in [0.15, 0.2) is 6.10 Å². The molecule has 0 bridgehead atoms. The molecule has 0 aliphatic carbocycles. The van der Waals surface area contributed by atoms with Gasteiger partial charge in [-0.25, -0.2) is 4.79 Å². The van der Waals surface area contributed by atoms with E-state index in [1.165, 1.54) is 13.4 Å². The van der Waals surface area contributed by atoms with Crippen LogP contribution in [-0.2, 0) is 19.1 Å². The highest BCUT2D eigenvalue weighted by Gasteiger charge is 2.21. The van der Waals surface area contributed by atoms with Gasteiger partial charge in [-0.15, -0.1) is 0 Å². The van der Waals surface area contributed by atoms with Crippen LogP contribution in [0, 0.1) is 5.92 Å². The van der Waals surface area contributed by atoms with Gasteiger partial charge in [0.1, 0.15) is 5.57 Å². The zero-order valence-corrected chi connectivity index (χ0v) is 17.7. The van der Waals surface area contributed by atoms with Crippen molar-refractivity contribution >= 4 is 17.4 Å². The van der Waals surface area contributed by atoms with E-state index in [-0.39, 0.29) is 23.5 Å². The minimum absolute atomic E-state index is 0.00860. The molecule has 1 aromatic heterocycles. The first kappa shape index (κ1) is 22.9. The van der Waals surface area contributed by atoms with Crippen LogP contribution in [0.2, 0.25) is 0 Å². The van der Waals surface area contributed by atoms with E-state index in [4.69, 9.17) is 14.3 Å². The van der Waals surface area contributed by atoms with Crippen molar-refractivity contribution in [2.75, 3.05) is 13.7 Å². The predicted molar refractivity (Wildman–Crippen MR) is 115 cm³/mol. The summed E-state index contributed by atoms with van der Waals surface area (Å²) in [4.78, 5) is 21.9. The Morgan fingerprint density at radius 1 is 1.17 bits per heavy atom. The summed E-state index contributed by atoms with van der Waals surface area (Å²) in [6, 6.07) is 12.5. The maximum Gasteiger partial charge on any atom is 0.339 e. The van der Waals surface area contributed by atoms with Crippen LogP contribution in [-0.4, -0.2) is 35.7 Å². The molecule has 0 spiro atoms. The predicted octanol–water partition coefficient (Wildman–Crippen LogP) is 4.66. The third-order valence-electron chi connectivity index (χ3n) is 4.12. The molecule has 0 saturated heterocycles. The number of carboxylic acid groups (broad SMARTS) is 1. The molecule has 30 heavy (non-hydrogen) atoms. The van der Waals surface area contributed by atoms with Crippen molar-refractivity contribution in [1.29, 1.82) is 0 Å². The molecule has 7 nitrogen and oxygen atoms in total. The van der Waals surface area contributed by atoms with Gasteiger partial charge in [0.05, 0.1) is 25.7 Å². The first-order valence-corrected chi connectivity index (χ1v) is 9.81. The van der Waals surface area contributed by atoms with E-state index in [0.29, 0.717) is 24.2 Å². The average molecular weight is 412 g/mol. The van der Waals surface area contributed by atoms with E-state index in [2.05, 4.69) is 10.1 Å². The average Bonchev–Trinajstić information content (AvgIpc) is 2.75. The number of carbonyl (C=O) groups is 1. The molecule has 0 aliphatic heterocycles. The SMILES string of the molecule is CCC(ON=C(OCC(C)C)c1ccccc1C(=COC)C(=O)O)c1ccccn1. The highest BCUT2D eigenvalue weighted by atomic mass is 16.7. The molecule has 0 amide bonds. The number of aromatic nitrogens is 1. The summed E-state index contributed by atoms with van der Waals surface area (Å²) in [6.45, 7) is 6.40. The van der Waals surface area contributed by atoms with E-state index in [1.807, 2.05) is 39.0 Å². The quantitative estimate of drug-likeness (QED) is 0.201. The number of nitrogens with zero attached hydrogens (tertiary/aromatic N) is 2. The van der Waals surface area contributed by atoms with Crippen LogP contribution in [0.15, 0.2) is 60.1 Å². The molecule has 0 aliphatic rings. The fourth-order valence-corrected chi connectivity index (χ4v) is 2.67. The third kappa shape index (κ3) is 6.34. The normalized spacial score (nSPS) is 13.1. The molecular weight excluding hydrogens is 384 g/mol. The number of ether oxygens (including phenoxy) is 2. The summed E-state index contributed by atoms with van der Waals surface area (Å²) in [5.74, 6) is -0.668. The van der Waals surface area contributed by atoms with Crippen molar-refractivity contribution in [2.45, 2.75) is 33.3 Å². The van der Waals surface area contributed by atoms with Crippen LogP contribution < -0.4 is 0 Å². The van der Waals surface area contributed by atoms with Crippen molar-refractivity contribution in [3.05, 3.63) is 71.7 Å². The Bertz CT molecular complexity index is 878. The fraction of sp³-hybridized carbons (Fsp3) is 0.348. The van der Waals surface area contributed by atoms with E-state index >= 15 is 0 Å². The number of oxime groups is 1. The molecule has 1 atom stereocenters. The number of aliphatic carboxylic acids is 1. The van der Waals surface area contributed by atoms with Crippen LogP contribution in [0.25, 0.3) is 5.57 Å². The topological polar surface area (TPSA) is 90.2 Å². The molecule has 0 fully saturated rings. The van der Waals surface area contributed by atoms with Crippen molar-refractivity contribution in [3.63, 3.8) is 0 Å². The van der Waals surface area contributed by atoms with Gasteiger partial charge >= 0.3 is 5.97 Å². The number of hydrogen-bond acceptors (Lipinski definition) is 6. The minimum atomic E-state index is -1.12. The van der Waals surface area contributed by atoms with E-state index in [1.54, 1.807) is 30.5 Å². The van der Waals surface area contributed by atoms with Gasteiger partial charge in [-0.3, -0.25) is 4.98 Å². The summed E-state index contributed by atoms with van der Waals surface area (Å²) in [5.41, 5.74) is 1.67. The van der Waals surface area contributed by atoms with Crippen molar-refractivity contribution < 1.29 is 24.2 Å². The van der Waals surface area contributed by atoms with Gasteiger partial charge in [-0.2, -0.15) is 0 Å². The number of methoxy groups -OCH3 is 1. The summed E-state index contributed by atoms with van der Waals surface area (Å²) in [5, 5.41) is 13.9. The Kier molecular flexibility index (Phi) is 8.87. The molecule has 0 saturated carbocycles. The maximum atomic E-state index is 11.8. The van der Waals surface area contributed by atoms with E-state index in [0.717, 1.165) is 5.69 Å².